The van der Waals surface area contributed by atoms with E-state index in [0.717, 1.165) is 21.7 Å². The number of carbonyl (C=O) groups excluding carboxylic acids is 1. The lowest BCUT2D eigenvalue weighted by molar-refractivity contribution is -0.138. The molecule has 2 aromatic rings. The Kier molecular flexibility index (Phi) is 4.73. The molecule has 2 nitrogen and oxygen atoms in total. The van der Waals surface area contributed by atoms with Crippen molar-refractivity contribution in [1.29, 1.82) is 0 Å². The predicted molar refractivity (Wildman–Crippen MR) is 93.0 cm³/mol. The van der Waals surface area contributed by atoms with Crippen LogP contribution in [0.3, 0.4) is 0 Å². The van der Waals surface area contributed by atoms with Crippen molar-refractivity contribution in [1.82, 2.24) is 4.90 Å². The first-order chi connectivity index (χ1) is 11.8. The second-order valence-electron chi connectivity index (χ2n) is 5.90. The van der Waals surface area contributed by atoms with E-state index in [4.69, 9.17) is 0 Å². The highest BCUT2D eigenvalue weighted by Crippen LogP contribution is 2.41. The Morgan fingerprint density at radius 2 is 1.92 bits per heavy atom. The molecule has 0 spiro atoms. The average Bonchev–Trinajstić information content (AvgIpc) is 2.59. The Morgan fingerprint density at radius 1 is 1.20 bits per heavy atom. The molecular weight excluding hydrogens is 395 g/mol. The molecule has 0 bridgehead atoms. The van der Waals surface area contributed by atoms with Gasteiger partial charge in [0, 0.05) is 23.5 Å². The summed E-state index contributed by atoms with van der Waals surface area (Å²) >= 11 is 3.39. The Balaban J connectivity index is 2.16. The van der Waals surface area contributed by atoms with Gasteiger partial charge >= 0.3 is 6.18 Å². The van der Waals surface area contributed by atoms with Crippen LogP contribution in [0.25, 0.3) is 0 Å². The number of benzene rings is 2. The molecule has 1 aliphatic heterocycles. The van der Waals surface area contributed by atoms with Crippen molar-refractivity contribution in [2.75, 3.05) is 6.54 Å². The average molecular weight is 410 g/mol. The second kappa shape index (κ2) is 6.67. The molecule has 3 rings (SSSR count). The zero-order valence-electron chi connectivity index (χ0n) is 13.2. The van der Waals surface area contributed by atoms with Gasteiger partial charge in [0.05, 0.1) is 5.56 Å². The molecular formula is C19H15BrF3NO. The lowest BCUT2D eigenvalue weighted by Gasteiger charge is -2.35. The molecule has 0 saturated heterocycles. The number of nitrogens with zero attached hydrogens (tertiary/aromatic N) is 1. The SMILES string of the molecule is C=CC(=O)N1Cc2ccc(Br)cc2[C@H](c2ccccc2C(F)(F)F)C1. The van der Waals surface area contributed by atoms with Gasteiger partial charge < -0.3 is 4.90 Å². The molecule has 0 fully saturated rings. The fourth-order valence-electron chi connectivity index (χ4n) is 3.24. The molecule has 0 aliphatic carbocycles. The molecule has 0 aromatic heterocycles. The van der Waals surface area contributed by atoms with E-state index in [9.17, 15) is 18.0 Å². The predicted octanol–water partition coefficient (Wildman–Crippen LogP) is 5.13. The normalized spacial score (nSPS) is 17.1. The number of amides is 1. The van der Waals surface area contributed by atoms with Crippen LogP contribution >= 0.6 is 15.9 Å². The molecule has 2 aromatic carbocycles. The minimum atomic E-state index is -4.45. The van der Waals surface area contributed by atoms with Crippen molar-refractivity contribution < 1.29 is 18.0 Å². The number of alkyl halides is 3. The van der Waals surface area contributed by atoms with Gasteiger partial charge in [-0.25, -0.2) is 0 Å². The zero-order valence-corrected chi connectivity index (χ0v) is 14.8. The number of halogens is 4. The van der Waals surface area contributed by atoms with Crippen LogP contribution in [0.2, 0.25) is 0 Å². The molecule has 0 radical (unpaired) electrons. The first-order valence-corrected chi connectivity index (χ1v) is 8.46. The third-order valence-corrected chi connectivity index (χ3v) is 4.87. The van der Waals surface area contributed by atoms with E-state index >= 15 is 0 Å². The Morgan fingerprint density at radius 3 is 2.60 bits per heavy atom. The molecule has 1 amide bonds. The second-order valence-corrected chi connectivity index (χ2v) is 6.82. The summed E-state index contributed by atoms with van der Waals surface area (Å²) in [7, 11) is 0. The summed E-state index contributed by atoms with van der Waals surface area (Å²) in [5.74, 6) is -0.842. The number of fused-ring (bicyclic) bond motifs is 1. The maximum atomic E-state index is 13.5. The van der Waals surface area contributed by atoms with Crippen molar-refractivity contribution in [2.45, 2.75) is 18.6 Å². The minimum Gasteiger partial charge on any atom is -0.334 e. The first kappa shape index (κ1) is 17.7. The summed E-state index contributed by atoms with van der Waals surface area (Å²) in [6.07, 6.45) is -3.26. The first-order valence-electron chi connectivity index (χ1n) is 7.67. The number of hydrogen-bond donors (Lipinski definition) is 0. The van der Waals surface area contributed by atoms with Crippen molar-refractivity contribution in [3.05, 3.63) is 81.8 Å². The molecule has 25 heavy (non-hydrogen) atoms. The number of carbonyl (C=O) groups is 1. The van der Waals surface area contributed by atoms with Crippen LogP contribution in [0.1, 0.15) is 28.2 Å². The van der Waals surface area contributed by atoms with Crippen LogP contribution in [0.15, 0.2) is 59.6 Å². The Labute approximate surface area is 152 Å². The van der Waals surface area contributed by atoms with Crippen LogP contribution in [0, 0.1) is 0 Å². The third kappa shape index (κ3) is 3.49. The van der Waals surface area contributed by atoms with Gasteiger partial charge in [-0.2, -0.15) is 13.2 Å². The van der Waals surface area contributed by atoms with E-state index in [1.165, 1.54) is 23.1 Å². The van der Waals surface area contributed by atoms with Gasteiger partial charge in [-0.15, -0.1) is 0 Å². The van der Waals surface area contributed by atoms with Crippen molar-refractivity contribution in [2.24, 2.45) is 0 Å². The number of rotatable bonds is 2. The van der Waals surface area contributed by atoms with Crippen molar-refractivity contribution >= 4 is 21.8 Å². The highest BCUT2D eigenvalue weighted by atomic mass is 79.9. The minimum absolute atomic E-state index is 0.177. The highest BCUT2D eigenvalue weighted by molar-refractivity contribution is 9.10. The van der Waals surface area contributed by atoms with Gasteiger partial charge in [-0.3, -0.25) is 4.79 Å². The van der Waals surface area contributed by atoms with Crippen LogP contribution < -0.4 is 0 Å². The fraction of sp³-hybridized carbons (Fsp3) is 0.211. The summed E-state index contributed by atoms with van der Waals surface area (Å²) in [4.78, 5) is 13.6. The third-order valence-electron chi connectivity index (χ3n) is 4.38. The van der Waals surface area contributed by atoms with E-state index in [1.54, 1.807) is 6.07 Å². The lowest BCUT2D eigenvalue weighted by Crippen LogP contribution is -2.38. The molecule has 1 aliphatic rings. The van der Waals surface area contributed by atoms with E-state index < -0.39 is 17.7 Å². The van der Waals surface area contributed by atoms with Gasteiger partial charge in [0.2, 0.25) is 5.91 Å². The molecule has 0 unspecified atom stereocenters. The summed E-state index contributed by atoms with van der Waals surface area (Å²) in [5, 5.41) is 0. The van der Waals surface area contributed by atoms with Crippen LogP contribution in [-0.2, 0) is 17.5 Å². The standard InChI is InChI=1S/C19H15BrF3NO/c1-2-18(25)24-10-12-7-8-13(20)9-15(12)16(11-24)14-5-3-4-6-17(14)19(21,22)23/h2-9,16H,1,10-11H2/t16-/m0/s1. The van der Waals surface area contributed by atoms with E-state index in [0.29, 0.717) is 6.54 Å². The van der Waals surface area contributed by atoms with Gasteiger partial charge in [0.15, 0.2) is 0 Å². The van der Waals surface area contributed by atoms with Gasteiger partial charge in [0.25, 0.3) is 0 Å². The highest BCUT2D eigenvalue weighted by Gasteiger charge is 2.37. The Bertz CT molecular complexity index is 832. The van der Waals surface area contributed by atoms with Crippen LogP contribution in [0.5, 0.6) is 0 Å². The summed E-state index contributed by atoms with van der Waals surface area (Å²) in [6, 6.07) is 11.0. The molecule has 0 N–H and O–H groups in total. The number of hydrogen-bond acceptors (Lipinski definition) is 1. The molecule has 6 heteroatoms. The monoisotopic (exact) mass is 409 g/mol. The largest absolute Gasteiger partial charge is 0.416 e. The molecule has 1 atom stereocenters. The van der Waals surface area contributed by atoms with Crippen LogP contribution in [-0.4, -0.2) is 17.4 Å². The topological polar surface area (TPSA) is 20.3 Å². The van der Waals surface area contributed by atoms with Crippen LogP contribution in [0.4, 0.5) is 13.2 Å². The summed E-state index contributed by atoms with van der Waals surface area (Å²) in [5.41, 5.74) is 1.15. The van der Waals surface area contributed by atoms with E-state index in [1.807, 2.05) is 18.2 Å². The summed E-state index contributed by atoms with van der Waals surface area (Å²) in [6.45, 7) is 4.02. The van der Waals surface area contributed by atoms with Crippen molar-refractivity contribution in [3.63, 3.8) is 0 Å². The zero-order chi connectivity index (χ0) is 18.2. The smallest absolute Gasteiger partial charge is 0.334 e. The quantitative estimate of drug-likeness (QED) is 0.629. The van der Waals surface area contributed by atoms with Gasteiger partial charge in [0.1, 0.15) is 0 Å². The molecule has 130 valence electrons. The molecule has 1 heterocycles. The van der Waals surface area contributed by atoms with Gasteiger partial charge in [-0.05, 0) is 41.0 Å². The van der Waals surface area contributed by atoms with E-state index in [2.05, 4.69) is 22.5 Å². The van der Waals surface area contributed by atoms with E-state index in [-0.39, 0.29) is 18.0 Å². The lowest BCUT2D eigenvalue weighted by atomic mass is 9.82. The maximum Gasteiger partial charge on any atom is 0.416 e. The van der Waals surface area contributed by atoms with Gasteiger partial charge in [-0.1, -0.05) is 46.8 Å². The maximum absolute atomic E-state index is 13.5. The van der Waals surface area contributed by atoms with Crippen molar-refractivity contribution in [3.8, 4) is 0 Å². The summed E-state index contributed by atoms with van der Waals surface area (Å²) < 4.78 is 41.2. The Hall–Kier alpha value is -2.08. The fourth-order valence-corrected chi connectivity index (χ4v) is 3.62. The molecule has 0 saturated carbocycles.